The summed E-state index contributed by atoms with van der Waals surface area (Å²) in [4.78, 5) is 4.01. The van der Waals surface area contributed by atoms with Gasteiger partial charge in [-0.3, -0.25) is 4.99 Å². The van der Waals surface area contributed by atoms with E-state index in [4.69, 9.17) is 11.5 Å². The van der Waals surface area contributed by atoms with Crippen LogP contribution < -0.4 is 11.5 Å². The van der Waals surface area contributed by atoms with Crippen LogP contribution in [0.5, 0.6) is 0 Å². The van der Waals surface area contributed by atoms with E-state index in [-0.39, 0.29) is 5.96 Å². The second kappa shape index (κ2) is 2.25. The fourth-order valence-electron chi connectivity index (χ4n) is 0.919. The Morgan fingerprint density at radius 2 is 2.11 bits per heavy atom. The van der Waals surface area contributed by atoms with Gasteiger partial charge in [0.1, 0.15) is 0 Å². The number of rotatable bonds is 2. The van der Waals surface area contributed by atoms with Crippen LogP contribution in [-0.2, 0) is 0 Å². The maximum atomic E-state index is 5.19. The van der Waals surface area contributed by atoms with E-state index >= 15 is 0 Å². The molecule has 1 atom stereocenters. The molecule has 9 heavy (non-hydrogen) atoms. The molecule has 0 aromatic carbocycles. The molecule has 0 spiro atoms. The lowest BCUT2D eigenvalue weighted by molar-refractivity contribution is 0.651. The van der Waals surface area contributed by atoms with Gasteiger partial charge in [0.2, 0.25) is 0 Å². The summed E-state index contributed by atoms with van der Waals surface area (Å²) in [6.45, 7) is 2.05. The minimum Gasteiger partial charge on any atom is -0.370 e. The molecule has 0 heterocycles. The smallest absolute Gasteiger partial charge is 0.186 e. The summed E-state index contributed by atoms with van der Waals surface area (Å²) in [7, 11) is 0. The number of hydrogen-bond acceptors (Lipinski definition) is 1. The van der Waals surface area contributed by atoms with Crippen LogP contribution in [0.3, 0.4) is 0 Å². The third-order valence-corrected chi connectivity index (χ3v) is 1.66. The number of guanidine groups is 1. The van der Waals surface area contributed by atoms with Gasteiger partial charge in [0.25, 0.3) is 0 Å². The zero-order valence-electron chi connectivity index (χ0n) is 5.67. The van der Waals surface area contributed by atoms with E-state index in [0.717, 1.165) is 5.92 Å². The van der Waals surface area contributed by atoms with Crippen LogP contribution >= 0.6 is 0 Å². The fraction of sp³-hybridized carbons (Fsp3) is 0.833. The van der Waals surface area contributed by atoms with Gasteiger partial charge in [-0.05, 0) is 25.7 Å². The van der Waals surface area contributed by atoms with Crippen molar-refractivity contribution in [1.29, 1.82) is 0 Å². The molecule has 0 aromatic heterocycles. The van der Waals surface area contributed by atoms with Crippen LogP contribution in [0.15, 0.2) is 4.99 Å². The highest BCUT2D eigenvalue weighted by Crippen LogP contribution is 2.33. The van der Waals surface area contributed by atoms with Crippen LogP contribution in [0.2, 0.25) is 0 Å². The van der Waals surface area contributed by atoms with Crippen molar-refractivity contribution in [1.82, 2.24) is 0 Å². The van der Waals surface area contributed by atoms with E-state index in [9.17, 15) is 0 Å². The van der Waals surface area contributed by atoms with Gasteiger partial charge in [-0.2, -0.15) is 0 Å². The molecular weight excluding hydrogens is 114 g/mol. The van der Waals surface area contributed by atoms with Gasteiger partial charge in [0.15, 0.2) is 5.96 Å². The maximum absolute atomic E-state index is 5.19. The molecule has 3 heteroatoms. The topological polar surface area (TPSA) is 64.4 Å². The lowest BCUT2D eigenvalue weighted by atomic mass is 10.2. The van der Waals surface area contributed by atoms with Crippen molar-refractivity contribution in [2.75, 3.05) is 0 Å². The third-order valence-electron chi connectivity index (χ3n) is 1.66. The molecule has 1 aliphatic carbocycles. The largest absolute Gasteiger partial charge is 0.370 e. The van der Waals surface area contributed by atoms with E-state index in [1.54, 1.807) is 0 Å². The molecule has 1 aliphatic rings. The Morgan fingerprint density at radius 1 is 1.56 bits per heavy atom. The van der Waals surface area contributed by atoms with Gasteiger partial charge in [-0.1, -0.05) is 0 Å². The average Bonchev–Trinajstić information content (AvgIpc) is 2.40. The monoisotopic (exact) mass is 127 g/mol. The molecule has 0 bridgehead atoms. The maximum Gasteiger partial charge on any atom is 0.186 e. The molecule has 52 valence electrons. The van der Waals surface area contributed by atoms with Gasteiger partial charge in [-0.15, -0.1) is 0 Å². The summed E-state index contributed by atoms with van der Waals surface area (Å²) in [6.07, 6.45) is 2.58. The second-order valence-electron chi connectivity index (χ2n) is 2.63. The minimum atomic E-state index is 0.217. The third kappa shape index (κ3) is 1.91. The Labute approximate surface area is 55.1 Å². The molecule has 1 unspecified atom stereocenters. The molecular formula is C6H13N3. The van der Waals surface area contributed by atoms with E-state index in [1.807, 2.05) is 0 Å². The van der Waals surface area contributed by atoms with Gasteiger partial charge in [-0.25, -0.2) is 0 Å². The van der Waals surface area contributed by atoms with Crippen LogP contribution in [-0.4, -0.2) is 12.0 Å². The number of nitrogens with two attached hydrogens (primary N) is 2. The number of aliphatic imine (C=N–C) groups is 1. The zero-order valence-corrected chi connectivity index (χ0v) is 5.67. The van der Waals surface area contributed by atoms with Crippen molar-refractivity contribution in [3.05, 3.63) is 0 Å². The van der Waals surface area contributed by atoms with Crippen molar-refractivity contribution in [2.24, 2.45) is 22.4 Å². The zero-order chi connectivity index (χ0) is 6.85. The van der Waals surface area contributed by atoms with Crippen molar-refractivity contribution in [3.8, 4) is 0 Å². The normalized spacial score (nSPS) is 21.0. The highest BCUT2D eigenvalue weighted by Gasteiger charge is 2.27. The Bertz CT molecular complexity index is 122. The lowest BCUT2D eigenvalue weighted by Crippen LogP contribution is -2.25. The van der Waals surface area contributed by atoms with Gasteiger partial charge >= 0.3 is 0 Å². The Hall–Kier alpha value is -0.730. The summed E-state index contributed by atoms with van der Waals surface area (Å²) in [6, 6.07) is 0.343. The molecule has 0 amide bonds. The summed E-state index contributed by atoms with van der Waals surface area (Å²) in [5.41, 5.74) is 10.4. The van der Waals surface area contributed by atoms with Crippen LogP contribution in [0.4, 0.5) is 0 Å². The van der Waals surface area contributed by atoms with E-state index in [1.165, 1.54) is 12.8 Å². The van der Waals surface area contributed by atoms with Crippen LogP contribution in [0.25, 0.3) is 0 Å². The highest BCUT2D eigenvalue weighted by molar-refractivity contribution is 5.75. The van der Waals surface area contributed by atoms with Crippen molar-refractivity contribution >= 4 is 5.96 Å². The molecule has 3 nitrogen and oxygen atoms in total. The van der Waals surface area contributed by atoms with Crippen molar-refractivity contribution in [3.63, 3.8) is 0 Å². The molecule has 1 rings (SSSR count). The Kier molecular flexibility index (Phi) is 1.60. The molecule has 0 aliphatic heterocycles. The minimum absolute atomic E-state index is 0.217. The van der Waals surface area contributed by atoms with Crippen LogP contribution in [0, 0.1) is 5.92 Å². The van der Waals surface area contributed by atoms with Gasteiger partial charge in [0, 0.05) is 0 Å². The molecule has 0 radical (unpaired) electrons. The first kappa shape index (κ1) is 6.39. The Balaban J connectivity index is 2.33. The quantitative estimate of drug-likeness (QED) is 0.407. The lowest BCUT2D eigenvalue weighted by Gasteiger charge is -2.01. The van der Waals surface area contributed by atoms with E-state index in [2.05, 4.69) is 11.9 Å². The van der Waals surface area contributed by atoms with Crippen LogP contribution in [0.1, 0.15) is 19.8 Å². The standard InChI is InChI=1S/C6H13N3/c1-4(5-2-3-5)9-6(7)8/h4-5H,2-3H2,1H3,(H4,7,8,9). The van der Waals surface area contributed by atoms with Gasteiger partial charge < -0.3 is 11.5 Å². The fourth-order valence-corrected chi connectivity index (χ4v) is 0.919. The van der Waals surface area contributed by atoms with E-state index in [0.29, 0.717) is 6.04 Å². The number of hydrogen-bond donors (Lipinski definition) is 2. The Morgan fingerprint density at radius 3 is 2.44 bits per heavy atom. The SMILES string of the molecule is CC(N=C(N)N)C1CC1. The molecule has 1 fully saturated rings. The molecule has 0 aromatic rings. The predicted molar refractivity (Wildman–Crippen MR) is 38.0 cm³/mol. The average molecular weight is 127 g/mol. The summed E-state index contributed by atoms with van der Waals surface area (Å²) in [5, 5.41) is 0. The van der Waals surface area contributed by atoms with Gasteiger partial charge in [0.05, 0.1) is 6.04 Å². The van der Waals surface area contributed by atoms with Crippen molar-refractivity contribution in [2.45, 2.75) is 25.8 Å². The first-order valence-corrected chi connectivity index (χ1v) is 3.29. The van der Waals surface area contributed by atoms with Crippen molar-refractivity contribution < 1.29 is 0 Å². The second-order valence-corrected chi connectivity index (χ2v) is 2.63. The first-order valence-electron chi connectivity index (χ1n) is 3.29. The first-order chi connectivity index (χ1) is 4.20. The summed E-state index contributed by atoms with van der Waals surface area (Å²) >= 11 is 0. The summed E-state index contributed by atoms with van der Waals surface area (Å²) in [5.74, 6) is 0.974. The molecule has 0 saturated heterocycles. The molecule has 1 saturated carbocycles. The predicted octanol–water partition coefficient (Wildman–Crippen LogP) is 0.0583. The number of nitrogens with zero attached hydrogens (tertiary/aromatic N) is 1. The van der Waals surface area contributed by atoms with E-state index < -0.39 is 0 Å². The molecule has 4 N–H and O–H groups in total. The highest BCUT2D eigenvalue weighted by atomic mass is 15.0. The summed E-state index contributed by atoms with van der Waals surface area (Å²) < 4.78 is 0.